The lowest BCUT2D eigenvalue weighted by Crippen LogP contribution is -2.08. The van der Waals surface area contributed by atoms with Crippen LogP contribution in [-0.2, 0) is 0 Å². The lowest BCUT2D eigenvalue weighted by Gasteiger charge is -2.12. The molecule has 0 saturated carbocycles. The Bertz CT molecular complexity index is 445. The summed E-state index contributed by atoms with van der Waals surface area (Å²) >= 11 is 1.77. The van der Waals surface area contributed by atoms with Gasteiger partial charge in [-0.2, -0.15) is 0 Å². The van der Waals surface area contributed by atoms with Crippen molar-refractivity contribution in [2.24, 2.45) is 0 Å². The van der Waals surface area contributed by atoms with Gasteiger partial charge in [0.25, 0.3) is 0 Å². The maximum atomic E-state index is 2.21. The Labute approximate surface area is 88.5 Å². The summed E-state index contributed by atoms with van der Waals surface area (Å²) in [4.78, 5) is 3.42. The molecule has 0 aliphatic heterocycles. The van der Waals surface area contributed by atoms with E-state index in [1.807, 2.05) is 0 Å². The van der Waals surface area contributed by atoms with Gasteiger partial charge in [-0.1, -0.05) is 0 Å². The Hall–Kier alpha value is -1.09. The van der Waals surface area contributed by atoms with Crippen LogP contribution < -0.4 is 4.90 Å². The van der Waals surface area contributed by atoms with Gasteiger partial charge in [0, 0.05) is 42.6 Å². The van der Waals surface area contributed by atoms with E-state index in [0.29, 0.717) is 0 Å². The average Bonchev–Trinajstić information content (AvgIpc) is 2.58. The fourth-order valence-corrected chi connectivity index (χ4v) is 1.92. The maximum Gasteiger partial charge on any atom is 0.0482 e. The van der Waals surface area contributed by atoms with Gasteiger partial charge in [0.2, 0.25) is 0 Å². The highest BCUT2D eigenvalue weighted by Crippen LogP contribution is 2.22. The molecule has 3 heteroatoms. The summed E-state index contributed by atoms with van der Waals surface area (Å²) in [6.07, 6.45) is 6.35. The zero-order valence-corrected chi connectivity index (χ0v) is 9.51. The van der Waals surface area contributed by atoms with E-state index in [1.54, 1.807) is 11.8 Å². The number of thioether (sulfide) groups is 1. The van der Waals surface area contributed by atoms with Crippen LogP contribution in [0, 0.1) is 0 Å². The second kappa shape index (κ2) is 3.58. The molecule has 14 heavy (non-hydrogen) atoms. The summed E-state index contributed by atoms with van der Waals surface area (Å²) in [6.45, 7) is 0. The largest absolute Gasteiger partial charge is 0.378 e. The number of pyridine rings is 1. The fourth-order valence-electron chi connectivity index (χ4n) is 1.46. The van der Waals surface area contributed by atoms with Crippen LogP contribution in [0.5, 0.6) is 0 Å². The average molecular weight is 206 g/mol. The SMILES string of the molecule is CSc1cc2cc(N(C)C)ccn2c1. The molecule has 0 aliphatic carbocycles. The van der Waals surface area contributed by atoms with Crippen molar-refractivity contribution in [3.63, 3.8) is 0 Å². The Morgan fingerprint density at radius 1 is 1.29 bits per heavy atom. The molecule has 2 rings (SSSR count). The highest BCUT2D eigenvalue weighted by Gasteiger charge is 2.00. The normalized spacial score (nSPS) is 10.8. The van der Waals surface area contributed by atoms with Gasteiger partial charge in [0.05, 0.1) is 0 Å². The van der Waals surface area contributed by atoms with E-state index in [9.17, 15) is 0 Å². The molecule has 0 aromatic carbocycles. The van der Waals surface area contributed by atoms with Crippen molar-refractivity contribution in [2.45, 2.75) is 4.90 Å². The van der Waals surface area contributed by atoms with Crippen LogP contribution in [0.25, 0.3) is 5.52 Å². The number of nitrogens with zero attached hydrogens (tertiary/aromatic N) is 2. The molecule has 0 radical (unpaired) electrons. The van der Waals surface area contributed by atoms with Crippen LogP contribution in [0.15, 0.2) is 35.5 Å². The zero-order chi connectivity index (χ0) is 10.1. The van der Waals surface area contributed by atoms with E-state index in [1.165, 1.54) is 16.1 Å². The molecule has 0 unspecified atom stereocenters. The minimum atomic E-state index is 1.24. The first-order valence-electron chi connectivity index (χ1n) is 4.54. The van der Waals surface area contributed by atoms with Crippen molar-refractivity contribution in [3.8, 4) is 0 Å². The summed E-state index contributed by atoms with van der Waals surface area (Å²) in [7, 11) is 4.12. The Morgan fingerprint density at radius 3 is 2.71 bits per heavy atom. The number of hydrogen-bond donors (Lipinski definition) is 0. The van der Waals surface area contributed by atoms with Gasteiger partial charge in [-0.15, -0.1) is 11.8 Å². The molecule has 0 aliphatic rings. The van der Waals surface area contributed by atoms with Crippen LogP contribution in [0.4, 0.5) is 5.69 Å². The maximum absolute atomic E-state index is 2.21. The quantitative estimate of drug-likeness (QED) is 0.698. The van der Waals surface area contributed by atoms with E-state index < -0.39 is 0 Å². The molecule has 0 spiro atoms. The third kappa shape index (κ3) is 1.60. The minimum Gasteiger partial charge on any atom is -0.378 e. The zero-order valence-electron chi connectivity index (χ0n) is 8.69. The first-order valence-corrected chi connectivity index (χ1v) is 5.76. The summed E-state index contributed by atoms with van der Waals surface area (Å²) in [5, 5.41) is 0. The van der Waals surface area contributed by atoms with Crippen molar-refractivity contribution in [2.75, 3.05) is 25.3 Å². The second-order valence-electron chi connectivity index (χ2n) is 3.49. The van der Waals surface area contributed by atoms with Gasteiger partial charge in [0.1, 0.15) is 0 Å². The number of aromatic nitrogens is 1. The van der Waals surface area contributed by atoms with Crippen LogP contribution in [0.3, 0.4) is 0 Å². The first kappa shape index (κ1) is 9.46. The molecule has 0 bridgehead atoms. The number of anilines is 1. The predicted molar refractivity (Wildman–Crippen MR) is 63.5 cm³/mol. The number of hydrogen-bond acceptors (Lipinski definition) is 2. The van der Waals surface area contributed by atoms with Crippen LogP contribution in [0.1, 0.15) is 0 Å². The molecule has 0 fully saturated rings. The lowest BCUT2D eigenvalue weighted by atomic mass is 10.3. The smallest absolute Gasteiger partial charge is 0.0482 e. The third-order valence-corrected chi connectivity index (χ3v) is 3.00. The van der Waals surface area contributed by atoms with Gasteiger partial charge in [0.15, 0.2) is 0 Å². The van der Waals surface area contributed by atoms with Crippen molar-refractivity contribution in [1.29, 1.82) is 0 Å². The number of fused-ring (bicyclic) bond motifs is 1. The molecule has 2 aromatic heterocycles. The van der Waals surface area contributed by atoms with E-state index in [4.69, 9.17) is 0 Å². The van der Waals surface area contributed by atoms with Gasteiger partial charge in [-0.3, -0.25) is 0 Å². The molecule has 0 saturated heterocycles. The lowest BCUT2D eigenvalue weighted by molar-refractivity contribution is 1.11. The highest BCUT2D eigenvalue weighted by molar-refractivity contribution is 7.98. The standard InChI is InChI=1S/C11H14N2S/c1-12(2)9-4-5-13-8-11(14-3)7-10(13)6-9/h4-8H,1-3H3. The molecular weight excluding hydrogens is 192 g/mol. The van der Waals surface area contributed by atoms with E-state index in [-0.39, 0.29) is 0 Å². The highest BCUT2D eigenvalue weighted by atomic mass is 32.2. The third-order valence-electron chi connectivity index (χ3n) is 2.31. The Balaban J connectivity index is 2.54. The molecule has 0 amide bonds. The molecular formula is C11H14N2S. The molecule has 2 nitrogen and oxygen atoms in total. The Kier molecular flexibility index (Phi) is 2.42. The summed E-state index contributed by atoms with van der Waals surface area (Å²) < 4.78 is 2.15. The van der Waals surface area contributed by atoms with Crippen molar-refractivity contribution in [1.82, 2.24) is 4.40 Å². The van der Waals surface area contributed by atoms with Crippen molar-refractivity contribution in [3.05, 3.63) is 30.6 Å². The van der Waals surface area contributed by atoms with E-state index in [2.05, 4.69) is 60.2 Å². The van der Waals surface area contributed by atoms with E-state index >= 15 is 0 Å². The van der Waals surface area contributed by atoms with Crippen LogP contribution in [-0.4, -0.2) is 24.8 Å². The minimum absolute atomic E-state index is 1.24. The molecule has 2 heterocycles. The van der Waals surface area contributed by atoms with Gasteiger partial charge < -0.3 is 9.30 Å². The van der Waals surface area contributed by atoms with Gasteiger partial charge in [-0.05, 0) is 24.5 Å². The number of rotatable bonds is 2. The Morgan fingerprint density at radius 2 is 2.07 bits per heavy atom. The fraction of sp³-hybridized carbons (Fsp3) is 0.273. The van der Waals surface area contributed by atoms with Crippen molar-refractivity contribution >= 4 is 23.0 Å². The monoisotopic (exact) mass is 206 g/mol. The van der Waals surface area contributed by atoms with E-state index in [0.717, 1.165) is 0 Å². The van der Waals surface area contributed by atoms with Gasteiger partial charge >= 0.3 is 0 Å². The van der Waals surface area contributed by atoms with Crippen molar-refractivity contribution < 1.29 is 0 Å². The summed E-state index contributed by atoms with van der Waals surface area (Å²) in [6, 6.07) is 6.52. The molecule has 0 N–H and O–H groups in total. The molecule has 0 atom stereocenters. The van der Waals surface area contributed by atoms with Crippen LogP contribution >= 0.6 is 11.8 Å². The molecule has 74 valence electrons. The van der Waals surface area contributed by atoms with Gasteiger partial charge in [-0.25, -0.2) is 0 Å². The molecule has 2 aromatic rings. The summed E-state index contributed by atoms with van der Waals surface area (Å²) in [5.41, 5.74) is 2.49. The first-order chi connectivity index (χ1) is 6.70. The summed E-state index contributed by atoms with van der Waals surface area (Å²) in [5.74, 6) is 0. The van der Waals surface area contributed by atoms with Crippen LogP contribution in [0.2, 0.25) is 0 Å². The topological polar surface area (TPSA) is 7.65 Å². The second-order valence-corrected chi connectivity index (χ2v) is 4.37. The predicted octanol–water partition coefficient (Wildman–Crippen LogP) is 2.73.